The Balaban J connectivity index is 0.00000228. The van der Waals surface area contributed by atoms with Crippen molar-refractivity contribution in [1.29, 1.82) is 0 Å². The van der Waals surface area contributed by atoms with Gasteiger partial charge < -0.3 is 20.0 Å². The molecule has 2 aromatic carbocycles. The lowest BCUT2D eigenvalue weighted by molar-refractivity contribution is -0.120. The maximum absolute atomic E-state index is 14.1. The molecule has 6 nitrogen and oxygen atoms in total. The summed E-state index contributed by atoms with van der Waals surface area (Å²) in [6, 6.07) is 18.6. The molecule has 1 aromatic heterocycles. The summed E-state index contributed by atoms with van der Waals surface area (Å²) in [5.74, 6) is 2.09. The highest BCUT2D eigenvalue weighted by atomic mass is 35.5. The first-order chi connectivity index (χ1) is 16.4. The number of amides is 1. The van der Waals surface area contributed by atoms with Gasteiger partial charge in [-0.05, 0) is 77.8 Å². The Bertz CT molecular complexity index is 1130. The van der Waals surface area contributed by atoms with Gasteiger partial charge in [-0.1, -0.05) is 38.1 Å². The van der Waals surface area contributed by atoms with Crippen molar-refractivity contribution in [3.05, 3.63) is 83.0 Å². The Kier molecular flexibility index (Phi) is 10.3. The summed E-state index contributed by atoms with van der Waals surface area (Å²) in [7, 11) is 5.63. The van der Waals surface area contributed by atoms with Gasteiger partial charge in [-0.15, -0.1) is 12.4 Å². The van der Waals surface area contributed by atoms with Gasteiger partial charge >= 0.3 is 0 Å². The minimum absolute atomic E-state index is 0. The second-order valence-corrected chi connectivity index (χ2v) is 9.60. The summed E-state index contributed by atoms with van der Waals surface area (Å²) < 4.78 is 5.48. The first kappa shape index (κ1) is 29.1. The predicted molar refractivity (Wildman–Crippen MR) is 150 cm³/mol. The summed E-state index contributed by atoms with van der Waals surface area (Å²) in [6.07, 6.45) is 4.73. The molecule has 7 heteroatoms. The van der Waals surface area contributed by atoms with Gasteiger partial charge in [-0.3, -0.25) is 4.79 Å². The Morgan fingerprint density at radius 2 is 1.81 bits per heavy atom. The third kappa shape index (κ3) is 6.37. The Hall–Kier alpha value is -3.09. The van der Waals surface area contributed by atoms with Crippen LogP contribution in [0.2, 0.25) is 0 Å². The minimum Gasteiger partial charge on any atom is -0.497 e. The quantitative estimate of drug-likeness (QED) is 0.418. The molecular weight excluding hydrogens is 474 g/mol. The van der Waals surface area contributed by atoms with Crippen molar-refractivity contribution in [2.24, 2.45) is 0 Å². The summed E-state index contributed by atoms with van der Waals surface area (Å²) in [5.41, 5.74) is 5.54. The van der Waals surface area contributed by atoms with Crippen LogP contribution in [0.5, 0.6) is 5.75 Å². The van der Waals surface area contributed by atoms with Gasteiger partial charge in [-0.2, -0.15) is 0 Å². The van der Waals surface area contributed by atoms with E-state index >= 15 is 0 Å². The van der Waals surface area contributed by atoms with Gasteiger partial charge in [0.15, 0.2) is 0 Å². The zero-order valence-corrected chi connectivity index (χ0v) is 22.6. The third-order valence-corrected chi connectivity index (χ3v) is 6.71. The fourth-order valence-corrected chi connectivity index (χ4v) is 4.64. The van der Waals surface area contributed by atoms with Crippen LogP contribution in [-0.2, 0) is 17.8 Å². The maximum atomic E-state index is 14.1. The zero-order chi connectivity index (χ0) is 24.2. The van der Waals surface area contributed by atoms with Crippen molar-refractivity contribution in [3.8, 4) is 5.75 Å². The average Bonchev–Trinajstić information content (AvgIpc) is 2.86. The van der Waals surface area contributed by atoms with Crippen molar-refractivity contribution in [2.45, 2.75) is 51.5 Å². The number of aryl methyl sites for hydroxylation is 1. The Labute approximate surface area is 221 Å². The summed E-state index contributed by atoms with van der Waals surface area (Å²) in [4.78, 5) is 22.6. The molecule has 0 radical (unpaired) electrons. The van der Waals surface area contributed by atoms with Gasteiger partial charge in [0.05, 0.1) is 19.6 Å². The molecule has 1 amide bonds. The van der Waals surface area contributed by atoms with E-state index in [1.807, 2.05) is 48.3 Å². The van der Waals surface area contributed by atoms with Gasteiger partial charge in [0, 0.05) is 26.0 Å². The molecule has 1 aliphatic rings. The van der Waals surface area contributed by atoms with Crippen LogP contribution in [0, 0.1) is 0 Å². The van der Waals surface area contributed by atoms with Crippen molar-refractivity contribution in [1.82, 2.24) is 4.98 Å². The molecule has 0 spiro atoms. The van der Waals surface area contributed by atoms with E-state index in [0.29, 0.717) is 12.5 Å². The zero-order valence-electron chi connectivity index (χ0n) is 21.8. The second kappa shape index (κ2) is 12.7. The molecule has 3 aromatic rings. The molecule has 2 N–H and O–H groups in total. The van der Waals surface area contributed by atoms with Crippen LogP contribution in [0.15, 0.2) is 60.8 Å². The molecule has 0 fully saturated rings. The van der Waals surface area contributed by atoms with Crippen LogP contribution in [0.1, 0.15) is 60.8 Å². The summed E-state index contributed by atoms with van der Waals surface area (Å²) in [5, 5.41) is 0. The van der Waals surface area contributed by atoms with E-state index < -0.39 is 0 Å². The highest BCUT2D eigenvalue weighted by Crippen LogP contribution is 2.37. The number of hydrogen-bond donors (Lipinski definition) is 0. The van der Waals surface area contributed by atoms with Crippen molar-refractivity contribution < 1.29 is 15.0 Å². The number of methoxy groups -OCH3 is 1. The molecule has 1 heterocycles. The van der Waals surface area contributed by atoms with Crippen LogP contribution in [-0.4, -0.2) is 37.6 Å². The highest BCUT2D eigenvalue weighted by Gasteiger charge is 2.31. The standard InChI is InChI=1S/C29H35N3O2.ClH.H2O/c1-20(2)22-10-13-24(14-11-22)32(19-21-9-16-28(30-18-21)31(3)4)29(33)26-8-6-7-23-12-15-25(34-5)17-27(23)26;;/h9-18,20,26H,6-8,19H2,1-5H3;1H;1H2. The second-order valence-electron chi connectivity index (χ2n) is 9.60. The largest absolute Gasteiger partial charge is 0.497 e. The van der Waals surface area contributed by atoms with Crippen LogP contribution in [0.4, 0.5) is 11.5 Å². The number of anilines is 2. The molecule has 194 valence electrons. The third-order valence-electron chi connectivity index (χ3n) is 6.71. The molecule has 1 atom stereocenters. The summed E-state index contributed by atoms with van der Waals surface area (Å²) >= 11 is 0. The number of aromatic nitrogens is 1. The van der Waals surface area contributed by atoms with E-state index in [2.05, 4.69) is 55.2 Å². The van der Waals surface area contributed by atoms with E-state index in [9.17, 15) is 4.79 Å². The molecule has 1 unspecified atom stereocenters. The molecular formula is C29H38ClN3O3. The molecule has 36 heavy (non-hydrogen) atoms. The van der Waals surface area contributed by atoms with Crippen molar-refractivity contribution in [2.75, 3.05) is 31.0 Å². The SMILES string of the molecule is COc1ccc2c(c1)C(C(=O)N(Cc1ccc(N(C)C)nc1)c1ccc(C(C)C)cc1)CCC2.Cl.O. The first-order valence-electron chi connectivity index (χ1n) is 12.1. The van der Waals surface area contributed by atoms with E-state index in [1.54, 1.807) is 7.11 Å². The lowest BCUT2D eigenvalue weighted by Gasteiger charge is -2.31. The molecule has 1 aliphatic carbocycles. The van der Waals surface area contributed by atoms with E-state index in [1.165, 1.54) is 11.1 Å². The van der Waals surface area contributed by atoms with Crippen LogP contribution in [0.3, 0.4) is 0 Å². The van der Waals surface area contributed by atoms with Gasteiger partial charge in [-0.25, -0.2) is 4.98 Å². The Morgan fingerprint density at radius 3 is 2.39 bits per heavy atom. The fourth-order valence-electron chi connectivity index (χ4n) is 4.64. The van der Waals surface area contributed by atoms with Gasteiger partial charge in [0.25, 0.3) is 0 Å². The lowest BCUT2D eigenvalue weighted by atomic mass is 9.81. The van der Waals surface area contributed by atoms with Crippen LogP contribution in [0.25, 0.3) is 0 Å². The number of pyridine rings is 1. The van der Waals surface area contributed by atoms with Gasteiger partial charge in [0.1, 0.15) is 11.6 Å². The Morgan fingerprint density at radius 1 is 1.08 bits per heavy atom. The fraction of sp³-hybridized carbons (Fsp3) is 0.379. The van der Waals surface area contributed by atoms with E-state index in [-0.39, 0.29) is 29.7 Å². The van der Waals surface area contributed by atoms with Crippen LogP contribution >= 0.6 is 12.4 Å². The average molecular weight is 512 g/mol. The highest BCUT2D eigenvalue weighted by molar-refractivity contribution is 5.98. The number of hydrogen-bond acceptors (Lipinski definition) is 4. The minimum atomic E-state index is -0.183. The van der Waals surface area contributed by atoms with Crippen molar-refractivity contribution >= 4 is 29.8 Å². The van der Waals surface area contributed by atoms with Gasteiger partial charge in [0.2, 0.25) is 5.91 Å². The number of ether oxygens (including phenoxy) is 1. The maximum Gasteiger partial charge on any atom is 0.234 e. The lowest BCUT2D eigenvalue weighted by Crippen LogP contribution is -2.36. The molecule has 0 bridgehead atoms. The number of rotatable bonds is 7. The van der Waals surface area contributed by atoms with E-state index in [4.69, 9.17) is 4.74 Å². The summed E-state index contributed by atoms with van der Waals surface area (Å²) in [6.45, 7) is 4.85. The predicted octanol–water partition coefficient (Wildman–Crippen LogP) is 5.53. The number of carbonyl (C=O) groups is 1. The van der Waals surface area contributed by atoms with E-state index in [0.717, 1.165) is 47.6 Å². The molecule has 0 saturated heterocycles. The monoisotopic (exact) mass is 511 g/mol. The smallest absolute Gasteiger partial charge is 0.234 e. The normalized spacial score (nSPS) is 14.2. The molecule has 0 aliphatic heterocycles. The number of carbonyl (C=O) groups excluding carboxylic acids is 1. The van der Waals surface area contributed by atoms with Crippen LogP contribution < -0.4 is 14.5 Å². The first-order valence-corrected chi connectivity index (χ1v) is 12.1. The molecule has 4 rings (SSSR count). The number of halogens is 1. The number of fused-ring (bicyclic) bond motifs is 1. The molecule has 0 saturated carbocycles. The number of nitrogens with zero attached hydrogens (tertiary/aromatic N) is 3. The topological polar surface area (TPSA) is 77.2 Å². The van der Waals surface area contributed by atoms with Crippen molar-refractivity contribution in [3.63, 3.8) is 0 Å². The number of benzene rings is 2.